The molecule has 0 N–H and O–H groups in total. The zero-order chi connectivity index (χ0) is 18.8. The molecule has 4 rings (SSSR count). The Morgan fingerprint density at radius 1 is 1.15 bits per heavy atom. The lowest BCUT2D eigenvalue weighted by Gasteiger charge is -2.14. The molecule has 5 nitrogen and oxygen atoms in total. The van der Waals surface area contributed by atoms with Crippen LogP contribution in [0.25, 0.3) is 5.65 Å². The van der Waals surface area contributed by atoms with Crippen molar-refractivity contribution >= 4 is 29.2 Å². The Morgan fingerprint density at radius 3 is 2.74 bits per heavy atom. The minimum atomic E-state index is -0.115. The van der Waals surface area contributed by atoms with Gasteiger partial charge in [-0.05, 0) is 42.3 Å². The summed E-state index contributed by atoms with van der Waals surface area (Å²) in [6, 6.07) is 11.3. The summed E-state index contributed by atoms with van der Waals surface area (Å²) in [5.74, 6) is 3.71. The van der Waals surface area contributed by atoms with Crippen molar-refractivity contribution in [2.24, 2.45) is 0 Å². The van der Waals surface area contributed by atoms with Gasteiger partial charge in [0.05, 0.1) is 17.4 Å². The summed E-state index contributed by atoms with van der Waals surface area (Å²) in [6.07, 6.45) is 1.74. The third-order valence-electron chi connectivity index (χ3n) is 4.33. The molecule has 0 bridgehead atoms. The van der Waals surface area contributed by atoms with Gasteiger partial charge in [-0.3, -0.25) is 9.20 Å². The Bertz CT molecular complexity index is 1030. The highest BCUT2D eigenvalue weighted by molar-refractivity contribution is 8.19. The van der Waals surface area contributed by atoms with E-state index in [2.05, 4.69) is 11.1 Å². The number of aromatic nitrogens is 2. The maximum atomic E-state index is 12.3. The summed E-state index contributed by atoms with van der Waals surface area (Å²) < 4.78 is 13.4. The minimum Gasteiger partial charge on any atom is -0.493 e. The average Bonchev–Trinajstić information content (AvgIpc) is 3.20. The molecule has 3 heterocycles. The van der Waals surface area contributed by atoms with Crippen LogP contribution in [0, 0.1) is 6.92 Å². The third-order valence-corrected chi connectivity index (χ3v) is 7.44. The molecule has 1 aliphatic rings. The van der Waals surface area contributed by atoms with Gasteiger partial charge in [0.1, 0.15) is 12.3 Å². The number of ether oxygens (including phenoxy) is 2. The van der Waals surface area contributed by atoms with Crippen molar-refractivity contribution in [1.29, 1.82) is 0 Å². The van der Waals surface area contributed by atoms with Gasteiger partial charge >= 0.3 is 0 Å². The summed E-state index contributed by atoms with van der Waals surface area (Å²) in [4.78, 5) is 16.8. The lowest BCUT2D eigenvalue weighted by atomic mass is 10.2. The second-order valence-corrected chi connectivity index (χ2v) is 9.01. The number of fused-ring (bicyclic) bond motifs is 1. The first-order chi connectivity index (χ1) is 13.1. The van der Waals surface area contributed by atoms with E-state index < -0.39 is 0 Å². The number of nitrogens with zero attached hydrogens (tertiary/aromatic N) is 2. The van der Waals surface area contributed by atoms with Gasteiger partial charge in [-0.25, -0.2) is 4.98 Å². The fraction of sp³-hybridized carbons (Fsp3) is 0.300. The van der Waals surface area contributed by atoms with Crippen molar-refractivity contribution in [3.8, 4) is 11.5 Å². The first-order valence-corrected chi connectivity index (χ1v) is 10.8. The predicted octanol–water partition coefficient (Wildman–Crippen LogP) is 4.07. The van der Waals surface area contributed by atoms with E-state index >= 15 is 0 Å². The third kappa shape index (κ3) is 3.94. The molecule has 7 heteroatoms. The maximum absolute atomic E-state index is 12.3. The van der Waals surface area contributed by atoms with Crippen LogP contribution in [0.1, 0.15) is 21.4 Å². The second-order valence-electron chi connectivity index (χ2n) is 6.29. The number of rotatable bonds is 5. The molecular weight excluding hydrogens is 380 g/mol. The molecule has 1 fully saturated rings. The van der Waals surface area contributed by atoms with Crippen LogP contribution in [0.15, 0.2) is 47.4 Å². The van der Waals surface area contributed by atoms with E-state index in [0.717, 1.165) is 5.56 Å². The van der Waals surface area contributed by atoms with E-state index in [-0.39, 0.29) is 12.2 Å². The van der Waals surface area contributed by atoms with Crippen LogP contribution in [0.4, 0.5) is 0 Å². The summed E-state index contributed by atoms with van der Waals surface area (Å²) in [5.41, 5.74) is 3.40. The molecule has 1 aliphatic heterocycles. The molecule has 0 amide bonds. The van der Waals surface area contributed by atoms with E-state index in [1.165, 1.54) is 27.5 Å². The number of hydrogen-bond acceptors (Lipinski definition) is 6. The maximum Gasteiger partial charge on any atom is 0.258 e. The lowest BCUT2D eigenvalue weighted by Crippen LogP contribution is -2.16. The lowest BCUT2D eigenvalue weighted by molar-refractivity contribution is 0.280. The summed E-state index contributed by atoms with van der Waals surface area (Å²) in [7, 11) is 1.64. The van der Waals surface area contributed by atoms with Crippen molar-refractivity contribution in [1.82, 2.24) is 9.38 Å². The molecule has 0 aliphatic carbocycles. The quantitative estimate of drug-likeness (QED) is 0.644. The van der Waals surface area contributed by atoms with Gasteiger partial charge in [0.15, 0.2) is 11.5 Å². The van der Waals surface area contributed by atoms with Crippen molar-refractivity contribution < 1.29 is 9.47 Å². The molecule has 0 radical (unpaired) electrons. The number of benzene rings is 1. The van der Waals surface area contributed by atoms with E-state index in [4.69, 9.17) is 9.47 Å². The van der Waals surface area contributed by atoms with Crippen LogP contribution < -0.4 is 15.0 Å². The van der Waals surface area contributed by atoms with Crippen molar-refractivity contribution in [3.05, 3.63) is 69.8 Å². The number of hydrogen-bond donors (Lipinski definition) is 0. The number of aryl methyl sites for hydroxylation is 1. The molecule has 0 saturated carbocycles. The summed E-state index contributed by atoms with van der Waals surface area (Å²) in [6.45, 7) is 2.19. The first kappa shape index (κ1) is 18.3. The molecular formula is C20H20N2O3S2. The highest BCUT2D eigenvalue weighted by Gasteiger charge is 2.20. The molecule has 1 saturated heterocycles. The van der Waals surface area contributed by atoms with Gasteiger partial charge in [-0.15, -0.1) is 23.5 Å². The molecule has 1 aromatic carbocycles. The molecule has 3 aromatic rings. The molecule has 0 unspecified atom stereocenters. The predicted molar refractivity (Wildman–Crippen MR) is 111 cm³/mol. The smallest absolute Gasteiger partial charge is 0.258 e. The molecule has 27 heavy (non-hydrogen) atoms. The van der Waals surface area contributed by atoms with Crippen LogP contribution in [-0.4, -0.2) is 28.0 Å². The fourth-order valence-corrected chi connectivity index (χ4v) is 5.82. The first-order valence-electron chi connectivity index (χ1n) is 8.67. The second kappa shape index (κ2) is 7.86. The number of pyridine rings is 1. The Kier molecular flexibility index (Phi) is 5.31. The van der Waals surface area contributed by atoms with E-state index in [0.29, 0.717) is 27.4 Å². The zero-order valence-corrected chi connectivity index (χ0v) is 16.8. The molecule has 140 valence electrons. The monoisotopic (exact) mass is 400 g/mol. The fourth-order valence-electron chi connectivity index (χ4n) is 2.98. The van der Waals surface area contributed by atoms with Gasteiger partial charge in [-0.2, -0.15) is 0 Å². The van der Waals surface area contributed by atoms with Crippen LogP contribution in [0.3, 0.4) is 0 Å². The summed E-state index contributed by atoms with van der Waals surface area (Å²) >= 11 is 3.91. The Morgan fingerprint density at radius 2 is 1.96 bits per heavy atom. The van der Waals surface area contributed by atoms with Gasteiger partial charge in [0.2, 0.25) is 0 Å². The Balaban J connectivity index is 1.56. The number of methoxy groups -OCH3 is 1. The molecule has 0 atom stereocenters. The van der Waals surface area contributed by atoms with Crippen LogP contribution in [-0.2, 0) is 6.61 Å². The van der Waals surface area contributed by atoms with Crippen molar-refractivity contribution in [2.75, 3.05) is 18.6 Å². The van der Waals surface area contributed by atoms with E-state index in [1.54, 1.807) is 13.3 Å². The highest BCUT2D eigenvalue weighted by Crippen LogP contribution is 2.46. The average molecular weight is 401 g/mol. The Labute approximate surface area is 166 Å². The largest absolute Gasteiger partial charge is 0.493 e. The van der Waals surface area contributed by atoms with Crippen LogP contribution in [0.2, 0.25) is 0 Å². The standard InChI is InChI=1S/C20H20N2O3S2/c1-13-5-6-22-18(9-13)21-15(11-19(22)23)12-25-16-4-3-14(10-17(16)24-2)20-26-7-8-27-20/h3-6,9-11,20H,7-8,12H2,1-2H3. The summed E-state index contributed by atoms with van der Waals surface area (Å²) in [5, 5.41) is 0. The molecule has 0 spiro atoms. The normalized spacial score (nSPS) is 14.6. The van der Waals surface area contributed by atoms with Gasteiger partial charge < -0.3 is 9.47 Å². The SMILES string of the molecule is COc1cc(C2SCCS2)ccc1OCc1cc(=O)n2ccc(C)cc2n1. The zero-order valence-electron chi connectivity index (χ0n) is 15.2. The van der Waals surface area contributed by atoms with Crippen LogP contribution in [0.5, 0.6) is 11.5 Å². The van der Waals surface area contributed by atoms with E-state index in [1.807, 2.05) is 54.7 Å². The number of thioether (sulfide) groups is 2. The van der Waals surface area contributed by atoms with E-state index in [9.17, 15) is 4.79 Å². The van der Waals surface area contributed by atoms with Crippen molar-refractivity contribution in [3.63, 3.8) is 0 Å². The molecule has 2 aromatic heterocycles. The highest BCUT2D eigenvalue weighted by atomic mass is 32.2. The Hall–Kier alpha value is -2.12. The van der Waals surface area contributed by atoms with Gasteiger partial charge in [0.25, 0.3) is 5.56 Å². The van der Waals surface area contributed by atoms with Gasteiger partial charge in [0, 0.05) is 23.8 Å². The van der Waals surface area contributed by atoms with Gasteiger partial charge in [-0.1, -0.05) is 6.07 Å². The topological polar surface area (TPSA) is 52.8 Å². The van der Waals surface area contributed by atoms with Crippen molar-refractivity contribution in [2.45, 2.75) is 18.1 Å². The minimum absolute atomic E-state index is 0.115. The van der Waals surface area contributed by atoms with Crippen LogP contribution >= 0.6 is 23.5 Å².